The fourth-order valence-electron chi connectivity index (χ4n) is 3.32. The molecule has 1 heterocycles. The summed E-state index contributed by atoms with van der Waals surface area (Å²) in [6.07, 6.45) is 3.72. The zero-order chi connectivity index (χ0) is 19.4. The highest BCUT2D eigenvalue weighted by atomic mass is 32.1. The molecule has 0 saturated heterocycles. The Morgan fingerprint density at radius 2 is 2.15 bits per heavy atom. The highest BCUT2D eigenvalue weighted by Crippen LogP contribution is 2.40. The van der Waals surface area contributed by atoms with Gasteiger partial charge >= 0.3 is 5.97 Å². The Bertz CT molecular complexity index is 843. The fourth-order valence-corrected chi connectivity index (χ4v) is 4.74. The van der Waals surface area contributed by atoms with E-state index in [1.165, 1.54) is 23.3 Å². The predicted molar refractivity (Wildman–Crippen MR) is 107 cm³/mol. The molecule has 1 aromatic carbocycles. The molecule has 1 amide bonds. The van der Waals surface area contributed by atoms with Crippen LogP contribution in [0.1, 0.15) is 46.6 Å². The minimum Gasteiger partial charge on any atom is -0.484 e. The number of methoxy groups -OCH3 is 1. The quantitative estimate of drug-likeness (QED) is 0.753. The topological polar surface area (TPSA) is 64.6 Å². The number of esters is 1. The molecule has 0 saturated carbocycles. The van der Waals surface area contributed by atoms with Crippen LogP contribution >= 0.6 is 11.3 Å². The monoisotopic (exact) mass is 387 g/mol. The number of ether oxygens (including phenoxy) is 2. The Labute approximate surface area is 163 Å². The molecular formula is C21H25NO4S. The van der Waals surface area contributed by atoms with E-state index in [1.54, 1.807) is 0 Å². The van der Waals surface area contributed by atoms with Crippen LogP contribution in [0, 0.1) is 5.92 Å². The summed E-state index contributed by atoms with van der Waals surface area (Å²) in [4.78, 5) is 25.8. The van der Waals surface area contributed by atoms with E-state index in [1.807, 2.05) is 24.3 Å². The van der Waals surface area contributed by atoms with Crippen molar-refractivity contribution < 1.29 is 19.1 Å². The molecule has 1 aromatic heterocycles. The maximum Gasteiger partial charge on any atom is 0.341 e. The summed E-state index contributed by atoms with van der Waals surface area (Å²) in [6.45, 7) is 4.17. The third kappa shape index (κ3) is 4.50. The van der Waals surface area contributed by atoms with Crippen molar-refractivity contribution in [3.63, 3.8) is 0 Å². The number of rotatable bonds is 6. The molecule has 144 valence electrons. The second-order valence-corrected chi connectivity index (χ2v) is 7.99. The zero-order valence-corrected chi connectivity index (χ0v) is 16.8. The van der Waals surface area contributed by atoms with Gasteiger partial charge in [-0.2, -0.15) is 0 Å². The van der Waals surface area contributed by atoms with Gasteiger partial charge in [-0.3, -0.25) is 4.79 Å². The van der Waals surface area contributed by atoms with E-state index < -0.39 is 5.97 Å². The summed E-state index contributed by atoms with van der Waals surface area (Å²) in [6, 6.07) is 7.69. The van der Waals surface area contributed by atoms with Crippen LogP contribution in [0.25, 0.3) is 0 Å². The van der Waals surface area contributed by atoms with Gasteiger partial charge in [0, 0.05) is 4.88 Å². The maximum absolute atomic E-state index is 12.4. The highest BCUT2D eigenvalue weighted by Gasteiger charge is 2.28. The standard InChI is InChI=1S/C21H25NO4S/c1-4-14-6-5-7-15(11-14)26-12-18(23)22-20-19(21(24)25-3)16-9-8-13(2)10-17(16)27-20/h5-7,11,13H,4,8-10,12H2,1-3H3,(H,22,23)/t13-/m1/s1. The Hall–Kier alpha value is -2.34. The second-order valence-electron chi connectivity index (χ2n) is 6.89. The molecular weight excluding hydrogens is 362 g/mol. The molecule has 1 atom stereocenters. The van der Waals surface area contributed by atoms with Crippen molar-refractivity contribution in [3.05, 3.63) is 45.8 Å². The molecule has 2 aromatic rings. The van der Waals surface area contributed by atoms with Gasteiger partial charge in [0.15, 0.2) is 6.61 Å². The summed E-state index contributed by atoms with van der Waals surface area (Å²) in [5, 5.41) is 3.42. The lowest BCUT2D eigenvalue weighted by Gasteiger charge is -2.18. The highest BCUT2D eigenvalue weighted by molar-refractivity contribution is 7.17. The molecule has 1 aliphatic carbocycles. The number of carbonyl (C=O) groups is 2. The summed E-state index contributed by atoms with van der Waals surface area (Å²) in [5.41, 5.74) is 2.68. The fraction of sp³-hybridized carbons (Fsp3) is 0.429. The lowest BCUT2D eigenvalue weighted by Crippen LogP contribution is -2.21. The summed E-state index contributed by atoms with van der Waals surface area (Å²) in [7, 11) is 1.37. The average molecular weight is 388 g/mol. The van der Waals surface area contributed by atoms with Crippen molar-refractivity contribution in [1.82, 2.24) is 0 Å². The molecule has 1 aliphatic rings. The molecule has 1 N–H and O–H groups in total. The van der Waals surface area contributed by atoms with Gasteiger partial charge in [-0.1, -0.05) is 26.0 Å². The van der Waals surface area contributed by atoms with Crippen molar-refractivity contribution in [1.29, 1.82) is 0 Å². The number of nitrogens with one attached hydrogen (secondary N) is 1. The van der Waals surface area contributed by atoms with Gasteiger partial charge < -0.3 is 14.8 Å². The molecule has 3 rings (SSSR count). The van der Waals surface area contributed by atoms with E-state index in [0.717, 1.165) is 36.8 Å². The van der Waals surface area contributed by atoms with Gasteiger partial charge in [-0.05, 0) is 54.9 Å². The number of aryl methyl sites for hydroxylation is 1. The second kappa shape index (κ2) is 8.57. The van der Waals surface area contributed by atoms with Gasteiger partial charge in [-0.25, -0.2) is 4.79 Å². The van der Waals surface area contributed by atoms with Crippen LogP contribution in [0.3, 0.4) is 0 Å². The van der Waals surface area contributed by atoms with Gasteiger partial charge in [0.1, 0.15) is 10.8 Å². The summed E-state index contributed by atoms with van der Waals surface area (Å²) >= 11 is 1.48. The molecule has 0 fully saturated rings. The molecule has 6 heteroatoms. The third-order valence-corrected chi connectivity index (χ3v) is 6.00. The number of hydrogen-bond donors (Lipinski definition) is 1. The number of carbonyl (C=O) groups excluding carboxylic acids is 2. The Kier molecular flexibility index (Phi) is 6.16. The minimum atomic E-state index is -0.395. The van der Waals surface area contributed by atoms with Crippen LogP contribution < -0.4 is 10.1 Å². The molecule has 5 nitrogen and oxygen atoms in total. The summed E-state index contributed by atoms with van der Waals surface area (Å²) in [5.74, 6) is 0.569. The molecule has 0 spiro atoms. The number of fused-ring (bicyclic) bond motifs is 1. The predicted octanol–water partition coefficient (Wildman–Crippen LogP) is 4.24. The number of amides is 1. The van der Waals surface area contributed by atoms with Gasteiger partial charge in [0.05, 0.1) is 12.7 Å². The third-order valence-electron chi connectivity index (χ3n) is 4.83. The van der Waals surface area contributed by atoms with Crippen molar-refractivity contribution in [3.8, 4) is 5.75 Å². The Balaban J connectivity index is 1.72. The van der Waals surface area contributed by atoms with Crippen LogP contribution in [0.5, 0.6) is 5.75 Å². The number of benzene rings is 1. The average Bonchev–Trinajstić information content (AvgIpc) is 3.02. The van der Waals surface area contributed by atoms with E-state index in [-0.39, 0.29) is 12.5 Å². The molecule has 0 bridgehead atoms. The van der Waals surface area contributed by atoms with Crippen LogP contribution in [-0.2, 0) is 28.8 Å². The summed E-state index contributed by atoms with van der Waals surface area (Å²) < 4.78 is 10.6. The Morgan fingerprint density at radius 3 is 2.89 bits per heavy atom. The first-order valence-corrected chi connectivity index (χ1v) is 10.1. The largest absolute Gasteiger partial charge is 0.484 e. The lowest BCUT2D eigenvalue weighted by molar-refractivity contribution is -0.118. The van der Waals surface area contributed by atoms with Crippen molar-refractivity contribution >= 4 is 28.2 Å². The molecule has 27 heavy (non-hydrogen) atoms. The van der Waals surface area contributed by atoms with Gasteiger partial charge in [0.2, 0.25) is 0 Å². The number of anilines is 1. The minimum absolute atomic E-state index is 0.104. The van der Waals surface area contributed by atoms with E-state index in [9.17, 15) is 9.59 Å². The van der Waals surface area contributed by atoms with E-state index >= 15 is 0 Å². The molecule has 0 aliphatic heterocycles. The van der Waals surface area contributed by atoms with Crippen molar-refractivity contribution in [2.24, 2.45) is 5.92 Å². The van der Waals surface area contributed by atoms with Crippen LogP contribution in [0.15, 0.2) is 24.3 Å². The zero-order valence-electron chi connectivity index (χ0n) is 16.0. The molecule has 0 unspecified atom stereocenters. The van der Waals surface area contributed by atoms with Crippen LogP contribution in [0.2, 0.25) is 0 Å². The first-order valence-electron chi connectivity index (χ1n) is 9.26. The smallest absolute Gasteiger partial charge is 0.341 e. The van der Waals surface area contributed by atoms with Crippen molar-refractivity contribution in [2.75, 3.05) is 19.0 Å². The molecule has 0 radical (unpaired) electrons. The maximum atomic E-state index is 12.4. The first-order chi connectivity index (χ1) is 13.0. The number of thiophene rings is 1. The Morgan fingerprint density at radius 1 is 1.33 bits per heavy atom. The SMILES string of the molecule is CCc1cccc(OCC(=O)Nc2sc3c(c2C(=O)OC)CC[C@@H](C)C3)c1. The van der Waals surface area contributed by atoms with Gasteiger partial charge in [0.25, 0.3) is 5.91 Å². The first kappa shape index (κ1) is 19.4. The van der Waals surface area contributed by atoms with E-state index in [4.69, 9.17) is 9.47 Å². The van der Waals surface area contributed by atoms with Crippen LogP contribution in [-0.4, -0.2) is 25.6 Å². The van der Waals surface area contributed by atoms with Crippen molar-refractivity contribution in [2.45, 2.75) is 39.5 Å². The normalized spacial score (nSPS) is 15.7. The lowest BCUT2D eigenvalue weighted by atomic mass is 9.88. The van der Waals surface area contributed by atoms with Crippen LogP contribution in [0.4, 0.5) is 5.00 Å². The number of hydrogen-bond acceptors (Lipinski definition) is 5. The van der Waals surface area contributed by atoms with Gasteiger partial charge in [-0.15, -0.1) is 11.3 Å². The van der Waals surface area contributed by atoms with E-state index in [2.05, 4.69) is 19.2 Å². The van der Waals surface area contributed by atoms with E-state index in [0.29, 0.717) is 22.2 Å².